The molecule has 3 aromatic rings. The Morgan fingerprint density at radius 2 is 1.92 bits per heavy atom. The molecule has 2 aromatic carbocycles. The maximum absolute atomic E-state index is 9.53. The summed E-state index contributed by atoms with van der Waals surface area (Å²) in [6.45, 7) is 2.04. The summed E-state index contributed by atoms with van der Waals surface area (Å²) in [5.74, 6) is 1.52. The molecule has 0 saturated carbocycles. The third-order valence-electron chi connectivity index (χ3n) is 3.80. The molecular weight excluding hydrogens is 336 g/mol. The third-order valence-corrected chi connectivity index (χ3v) is 4.52. The Morgan fingerprint density at radius 3 is 2.72 bits per heavy atom. The van der Waals surface area contributed by atoms with E-state index in [4.69, 9.17) is 4.74 Å². The van der Waals surface area contributed by atoms with Crippen molar-refractivity contribution in [3.05, 3.63) is 54.1 Å². The van der Waals surface area contributed by atoms with Crippen molar-refractivity contribution in [2.24, 2.45) is 0 Å². The molecule has 4 rings (SSSR count). The maximum Gasteiger partial charge on any atom is 0.247 e. The SMILES string of the molecule is CCSc1nnc2c(n1)O[C@@H](c1ccc(O)cc1)Nc1ccccc1-2. The van der Waals surface area contributed by atoms with Crippen molar-refractivity contribution >= 4 is 17.4 Å². The van der Waals surface area contributed by atoms with Crippen LogP contribution in [0.4, 0.5) is 5.69 Å². The Hall–Kier alpha value is -2.80. The Labute approximate surface area is 149 Å². The van der Waals surface area contributed by atoms with Crippen molar-refractivity contribution in [3.8, 4) is 22.9 Å². The molecule has 0 unspecified atom stereocenters. The van der Waals surface area contributed by atoms with Crippen LogP contribution in [0.1, 0.15) is 18.7 Å². The number of para-hydroxylation sites is 1. The molecule has 25 heavy (non-hydrogen) atoms. The number of nitrogens with one attached hydrogen (secondary N) is 1. The van der Waals surface area contributed by atoms with Gasteiger partial charge in [-0.05, 0) is 36.1 Å². The number of hydrogen-bond donors (Lipinski definition) is 2. The first-order valence-corrected chi connectivity index (χ1v) is 8.92. The fourth-order valence-corrected chi connectivity index (χ4v) is 3.14. The van der Waals surface area contributed by atoms with Crippen LogP contribution in [0.25, 0.3) is 11.3 Å². The average Bonchev–Trinajstić information content (AvgIpc) is 2.79. The molecule has 0 amide bonds. The van der Waals surface area contributed by atoms with E-state index in [9.17, 15) is 5.11 Å². The van der Waals surface area contributed by atoms with Crippen molar-refractivity contribution in [1.29, 1.82) is 0 Å². The molecule has 0 bridgehead atoms. The van der Waals surface area contributed by atoms with Crippen LogP contribution in [0.2, 0.25) is 0 Å². The van der Waals surface area contributed by atoms with Gasteiger partial charge < -0.3 is 15.2 Å². The molecule has 0 saturated heterocycles. The first kappa shape index (κ1) is 15.7. The third kappa shape index (κ3) is 3.10. The Kier molecular flexibility index (Phi) is 4.15. The molecule has 1 aromatic heterocycles. The molecule has 6 nitrogen and oxygen atoms in total. The standard InChI is InChI=1S/C18H16N4O2S/c1-2-25-18-20-17-15(21-22-18)13-5-3-4-6-14(13)19-16(24-17)11-7-9-12(23)10-8-11/h3-10,16,19,23H,2H2,1H3/t16-/m0/s1. The minimum absolute atomic E-state index is 0.212. The van der Waals surface area contributed by atoms with Gasteiger partial charge in [-0.3, -0.25) is 0 Å². The van der Waals surface area contributed by atoms with Crippen molar-refractivity contribution < 1.29 is 9.84 Å². The van der Waals surface area contributed by atoms with Crippen molar-refractivity contribution in [2.45, 2.75) is 18.3 Å². The van der Waals surface area contributed by atoms with Crippen molar-refractivity contribution in [1.82, 2.24) is 15.2 Å². The van der Waals surface area contributed by atoms with Crippen molar-refractivity contribution in [3.63, 3.8) is 0 Å². The lowest BCUT2D eigenvalue weighted by atomic mass is 10.1. The van der Waals surface area contributed by atoms with E-state index >= 15 is 0 Å². The second-order valence-electron chi connectivity index (χ2n) is 5.46. The molecule has 1 atom stereocenters. The van der Waals surface area contributed by atoms with Gasteiger partial charge in [-0.25, -0.2) is 0 Å². The summed E-state index contributed by atoms with van der Waals surface area (Å²) in [6, 6.07) is 14.7. The van der Waals surface area contributed by atoms with Crippen LogP contribution in [-0.4, -0.2) is 26.0 Å². The first-order chi connectivity index (χ1) is 12.2. The van der Waals surface area contributed by atoms with E-state index in [1.807, 2.05) is 43.3 Å². The Bertz CT molecular complexity index is 902. The Morgan fingerprint density at radius 1 is 1.12 bits per heavy atom. The molecule has 0 aliphatic carbocycles. The molecule has 2 N–H and O–H groups in total. The number of hydrogen-bond acceptors (Lipinski definition) is 7. The van der Waals surface area contributed by atoms with Crippen LogP contribution < -0.4 is 10.1 Å². The van der Waals surface area contributed by atoms with Gasteiger partial charge >= 0.3 is 0 Å². The van der Waals surface area contributed by atoms with Crippen LogP contribution in [0.15, 0.2) is 53.7 Å². The van der Waals surface area contributed by atoms with E-state index in [0.29, 0.717) is 16.7 Å². The highest BCUT2D eigenvalue weighted by atomic mass is 32.2. The van der Waals surface area contributed by atoms with E-state index in [1.165, 1.54) is 11.8 Å². The summed E-state index contributed by atoms with van der Waals surface area (Å²) in [4.78, 5) is 4.53. The van der Waals surface area contributed by atoms with E-state index in [-0.39, 0.29) is 5.75 Å². The first-order valence-electron chi connectivity index (χ1n) is 7.93. The maximum atomic E-state index is 9.53. The van der Waals surface area contributed by atoms with Gasteiger partial charge in [0.15, 0.2) is 11.9 Å². The van der Waals surface area contributed by atoms with Crippen LogP contribution in [0.3, 0.4) is 0 Å². The van der Waals surface area contributed by atoms with Gasteiger partial charge in [0.2, 0.25) is 11.0 Å². The van der Waals surface area contributed by atoms with Crippen LogP contribution in [0, 0.1) is 0 Å². The van der Waals surface area contributed by atoms with Crippen molar-refractivity contribution in [2.75, 3.05) is 11.1 Å². The summed E-state index contributed by atoms with van der Waals surface area (Å²) in [5.41, 5.74) is 3.28. The van der Waals surface area contributed by atoms with Crippen LogP contribution in [-0.2, 0) is 0 Å². The molecule has 1 aliphatic rings. The molecule has 1 aliphatic heterocycles. The number of nitrogens with zero attached hydrogens (tertiary/aromatic N) is 3. The van der Waals surface area contributed by atoms with Gasteiger partial charge in [-0.1, -0.05) is 36.9 Å². The van der Waals surface area contributed by atoms with Gasteiger partial charge in [0, 0.05) is 16.8 Å². The predicted octanol–water partition coefficient (Wildman–Crippen LogP) is 3.86. The number of rotatable bonds is 3. The largest absolute Gasteiger partial charge is 0.508 e. The quantitative estimate of drug-likeness (QED) is 0.693. The van der Waals surface area contributed by atoms with Gasteiger partial charge in [-0.15, -0.1) is 10.2 Å². The average molecular weight is 352 g/mol. The van der Waals surface area contributed by atoms with Gasteiger partial charge in [-0.2, -0.15) is 4.98 Å². The van der Waals surface area contributed by atoms with E-state index in [0.717, 1.165) is 22.6 Å². The summed E-state index contributed by atoms with van der Waals surface area (Å²) in [6.07, 6.45) is -0.445. The van der Waals surface area contributed by atoms with Crippen LogP contribution in [0.5, 0.6) is 11.6 Å². The highest BCUT2D eigenvalue weighted by Gasteiger charge is 2.25. The highest BCUT2D eigenvalue weighted by molar-refractivity contribution is 7.99. The second-order valence-corrected chi connectivity index (χ2v) is 6.69. The zero-order valence-electron chi connectivity index (χ0n) is 13.5. The van der Waals surface area contributed by atoms with E-state index < -0.39 is 6.23 Å². The minimum atomic E-state index is -0.445. The van der Waals surface area contributed by atoms with Gasteiger partial charge in [0.05, 0.1) is 0 Å². The number of anilines is 1. The molecule has 0 spiro atoms. The topological polar surface area (TPSA) is 80.2 Å². The number of aromatic hydroxyl groups is 1. The number of phenols is 1. The molecule has 7 heteroatoms. The molecule has 126 valence electrons. The van der Waals surface area contributed by atoms with Gasteiger partial charge in [0.1, 0.15) is 5.75 Å². The van der Waals surface area contributed by atoms with E-state index in [1.54, 1.807) is 12.1 Å². The number of fused-ring (bicyclic) bond motifs is 3. The highest BCUT2D eigenvalue weighted by Crippen LogP contribution is 2.39. The van der Waals surface area contributed by atoms with Gasteiger partial charge in [0.25, 0.3) is 0 Å². The smallest absolute Gasteiger partial charge is 0.247 e. The normalized spacial score (nSPS) is 15.3. The lowest BCUT2D eigenvalue weighted by Crippen LogP contribution is -2.17. The van der Waals surface area contributed by atoms with E-state index in [2.05, 4.69) is 20.5 Å². The Balaban J connectivity index is 1.82. The fraction of sp³-hybridized carbons (Fsp3) is 0.167. The minimum Gasteiger partial charge on any atom is -0.508 e. The summed E-state index contributed by atoms with van der Waals surface area (Å²) < 4.78 is 6.13. The molecule has 0 radical (unpaired) electrons. The predicted molar refractivity (Wildman–Crippen MR) is 96.8 cm³/mol. The monoisotopic (exact) mass is 352 g/mol. The molecule has 2 heterocycles. The summed E-state index contributed by atoms with van der Waals surface area (Å²) in [5, 5.41) is 22.0. The summed E-state index contributed by atoms with van der Waals surface area (Å²) >= 11 is 1.52. The number of aromatic nitrogens is 3. The number of thioether (sulfide) groups is 1. The number of phenolic OH excluding ortho intramolecular Hbond substituents is 1. The fourth-order valence-electron chi connectivity index (χ4n) is 2.64. The summed E-state index contributed by atoms with van der Waals surface area (Å²) in [7, 11) is 0. The lowest BCUT2D eigenvalue weighted by Gasteiger charge is -2.19. The number of ether oxygens (including phenoxy) is 1. The zero-order valence-corrected chi connectivity index (χ0v) is 14.3. The second kappa shape index (κ2) is 6.60. The zero-order chi connectivity index (χ0) is 17.2. The van der Waals surface area contributed by atoms with Crippen LogP contribution >= 0.6 is 11.8 Å². The molecule has 0 fully saturated rings. The lowest BCUT2D eigenvalue weighted by molar-refractivity contribution is 0.225. The molecular formula is C18H16N4O2S. The number of benzene rings is 2.